The fourth-order valence-corrected chi connectivity index (χ4v) is 2.59. The van der Waals surface area contributed by atoms with Gasteiger partial charge in [0.2, 0.25) is 0 Å². The second-order valence-corrected chi connectivity index (χ2v) is 5.78. The standard InChI is InChI=1S/C12H18N2OS/c1-16(15)9-8-13-11-6-2-4-10-5-3-7-14-12(10)11/h3,5,7,11,13H,2,4,6,8-9H2,1H3. The molecule has 0 spiro atoms. The van der Waals surface area contributed by atoms with Crippen molar-refractivity contribution in [1.82, 2.24) is 10.3 Å². The van der Waals surface area contributed by atoms with Crippen molar-refractivity contribution in [1.29, 1.82) is 0 Å². The Labute approximate surface area is 99.1 Å². The molecule has 0 amide bonds. The van der Waals surface area contributed by atoms with Crippen LogP contribution in [0.3, 0.4) is 0 Å². The van der Waals surface area contributed by atoms with Crippen LogP contribution in [0.15, 0.2) is 18.3 Å². The Balaban J connectivity index is 1.99. The van der Waals surface area contributed by atoms with Crippen molar-refractivity contribution >= 4 is 10.8 Å². The molecule has 0 saturated heterocycles. The van der Waals surface area contributed by atoms with Gasteiger partial charge in [-0.15, -0.1) is 0 Å². The van der Waals surface area contributed by atoms with Crippen molar-refractivity contribution in [2.45, 2.75) is 25.3 Å². The van der Waals surface area contributed by atoms with Gasteiger partial charge in [-0.2, -0.15) is 0 Å². The molecule has 1 N–H and O–H groups in total. The van der Waals surface area contributed by atoms with E-state index >= 15 is 0 Å². The van der Waals surface area contributed by atoms with E-state index in [4.69, 9.17) is 0 Å². The zero-order valence-electron chi connectivity index (χ0n) is 9.61. The number of fused-ring (bicyclic) bond motifs is 1. The van der Waals surface area contributed by atoms with Gasteiger partial charge in [0, 0.05) is 41.6 Å². The Morgan fingerprint density at radius 2 is 2.50 bits per heavy atom. The highest BCUT2D eigenvalue weighted by Gasteiger charge is 2.20. The lowest BCUT2D eigenvalue weighted by atomic mass is 9.92. The summed E-state index contributed by atoms with van der Waals surface area (Å²) in [5, 5.41) is 3.45. The molecule has 0 bridgehead atoms. The van der Waals surface area contributed by atoms with E-state index in [0.29, 0.717) is 6.04 Å². The van der Waals surface area contributed by atoms with E-state index in [2.05, 4.69) is 16.4 Å². The molecule has 1 aromatic rings. The lowest BCUT2D eigenvalue weighted by molar-refractivity contribution is 0.460. The quantitative estimate of drug-likeness (QED) is 0.863. The molecule has 2 unspecified atom stereocenters. The average Bonchev–Trinajstić information content (AvgIpc) is 2.29. The molecule has 2 rings (SSSR count). The van der Waals surface area contributed by atoms with Gasteiger partial charge in [0.1, 0.15) is 0 Å². The van der Waals surface area contributed by atoms with Crippen molar-refractivity contribution in [3.63, 3.8) is 0 Å². The highest BCUT2D eigenvalue weighted by Crippen LogP contribution is 2.27. The average molecular weight is 238 g/mol. The molecule has 16 heavy (non-hydrogen) atoms. The van der Waals surface area contributed by atoms with Gasteiger partial charge in [0.05, 0.1) is 5.69 Å². The summed E-state index contributed by atoms with van der Waals surface area (Å²) in [6.07, 6.45) is 7.10. The van der Waals surface area contributed by atoms with Crippen LogP contribution in [0.1, 0.15) is 30.1 Å². The van der Waals surface area contributed by atoms with Gasteiger partial charge in [-0.25, -0.2) is 0 Å². The molecule has 0 aliphatic heterocycles. The second kappa shape index (κ2) is 5.55. The number of pyridine rings is 1. The Morgan fingerprint density at radius 1 is 1.62 bits per heavy atom. The van der Waals surface area contributed by atoms with Crippen LogP contribution in [-0.2, 0) is 17.2 Å². The number of hydrogen-bond acceptors (Lipinski definition) is 3. The van der Waals surface area contributed by atoms with Gasteiger partial charge in [0.15, 0.2) is 0 Å². The van der Waals surface area contributed by atoms with E-state index < -0.39 is 10.8 Å². The summed E-state index contributed by atoms with van der Waals surface area (Å²) in [4.78, 5) is 4.46. The third kappa shape index (κ3) is 2.89. The van der Waals surface area contributed by atoms with Gasteiger partial charge in [0.25, 0.3) is 0 Å². The topological polar surface area (TPSA) is 42.0 Å². The third-order valence-electron chi connectivity index (χ3n) is 2.98. The molecule has 4 heteroatoms. The van der Waals surface area contributed by atoms with Crippen molar-refractivity contribution in [3.8, 4) is 0 Å². The van der Waals surface area contributed by atoms with Crippen LogP contribution in [-0.4, -0.2) is 27.7 Å². The Bertz CT molecular complexity index is 381. The second-order valence-electron chi connectivity index (χ2n) is 4.22. The zero-order chi connectivity index (χ0) is 11.4. The van der Waals surface area contributed by atoms with E-state index in [0.717, 1.165) is 25.1 Å². The van der Waals surface area contributed by atoms with Crippen LogP contribution >= 0.6 is 0 Å². The minimum atomic E-state index is -0.711. The van der Waals surface area contributed by atoms with Gasteiger partial charge in [-0.3, -0.25) is 9.19 Å². The summed E-state index contributed by atoms with van der Waals surface area (Å²) < 4.78 is 11.0. The van der Waals surface area contributed by atoms with Gasteiger partial charge in [-0.05, 0) is 30.9 Å². The van der Waals surface area contributed by atoms with E-state index in [9.17, 15) is 4.21 Å². The molecule has 1 aliphatic rings. The van der Waals surface area contributed by atoms with Gasteiger partial charge < -0.3 is 5.32 Å². The van der Waals surface area contributed by atoms with Crippen molar-refractivity contribution in [2.24, 2.45) is 0 Å². The van der Waals surface area contributed by atoms with Gasteiger partial charge in [-0.1, -0.05) is 6.07 Å². The summed E-state index contributed by atoms with van der Waals surface area (Å²) in [6.45, 7) is 0.809. The van der Waals surface area contributed by atoms with E-state index in [1.807, 2.05) is 12.3 Å². The van der Waals surface area contributed by atoms with Crippen LogP contribution in [0.5, 0.6) is 0 Å². The van der Waals surface area contributed by atoms with Crippen molar-refractivity contribution < 1.29 is 4.21 Å². The molecule has 1 aromatic heterocycles. The predicted molar refractivity (Wildman–Crippen MR) is 66.9 cm³/mol. The zero-order valence-corrected chi connectivity index (χ0v) is 10.4. The smallest absolute Gasteiger partial charge is 0.0605 e. The number of nitrogens with zero attached hydrogens (tertiary/aromatic N) is 1. The molecule has 0 fully saturated rings. The molecule has 2 atom stereocenters. The largest absolute Gasteiger partial charge is 0.308 e. The maximum atomic E-state index is 11.0. The first-order chi connectivity index (χ1) is 7.77. The molecular weight excluding hydrogens is 220 g/mol. The summed E-state index contributed by atoms with van der Waals surface area (Å²) >= 11 is 0. The first-order valence-corrected chi connectivity index (χ1v) is 7.47. The Morgan fingerprint density at radius 3 is 3.31 bits per heavy atom. The molecule has 0 saturated carbocycles. The third-order valence-corrected chi connectivity index (χ3v) is 3.75. The predicted octanol–water partition coefficient (Wildman–Crippen LogP) is 1.43. The van der Waals surface area contributed by atoms with Gasteiger partial charge >= 0.3 is 0 Å². The van der Waals surface area contributed by atoms with Crippen LogP contribution in [0.25, 0.3) is 0 Å². The van der Waals surface area contributed by atoms with E-state index in [1.54, 1.807) is 6.26 Å². The first-order valence-electron chi connectivity index (χ1n) is 5.74. The highest BCUT2D eigenvalue weighted by molar-refractivity contribution is 7.84. The lowest BCUT2D eigenvalue weighted by Crippen LogP contribution is -2.29. The number of rotatable bonds is 4. The molecule has 1 heterocycles. The summed E-state index contributed by atoms with van der Waals surface area (Å²) in [6, 6.07) is 4.52. The molecule has 88 valence electrons. The number of aromatic nitrogens is 1. The minimum absolute atomic E-state index is 0.355. The maximum absolute atomic E-state index is 11.0. The van der Waals surface area contributed by atoms with Crippen LogP contribution in [0.2, 0.25) is 0 Å². The SMILES string of the molecule is CS(=O)CCNC1CCCc2cccnc21. The molecule has 1 aliphatic carbocycles. The van der Waals surface area contributed by atoms with E-state index in [-0.39, 0.29) is 0 Å². The van der Waals surface area contributed by atoms with Crippen LogP contribution in [0.4, 0.5) is 0 Å². The van der Waals surface area contributed by atoms with Crippen LogP contribution < -0.4 is 5.32 Å². The number of hydrogen-bond donors (Lipinski definition) is 1. The molecular formula is C12H18N2OS. The first kappa shape index (κ1) is 11.7. The van der Waals surface area contributed by atoms with Crippen molar-refractivity contribution in [2.75, 3.05) is 18.6 Å². The summed E-state index contributed by atoms with van der Waals surface area (Å²) in [5.74, 6) is 0.721. The monoisotopic (exact) mass is 238 g/mol. The molecule has 0 aromatic carbocycles. The summed E-state index contributed by atoms with van der Waals surface area (Å²) in [7, 11) is -0.711. The number of nitrogens with one attached hydrogen (secondary N) is 1. The fourth-order valence-electron chi connectivity index (χ4n) is 2.18. The molecule has 3 nitrogen and oxygen atoms in total. The van der Waals surface area contributed by atoms with Crippen molar-refractivity contribution in [3.05, 3.63) is 29.6 Å². The Kier molecular flexibility index (Phi) is 4.07. The Hall–Kier alpha value is -0.740. The fraction of sp³-hybridized carbons (Fsp3) is 0.583. The van der Waals surface area contributed by atoms with Crippen LogP contribution in [0, 0.1) is 0 Å². The molecule has 0 radical (unpaired) electrons. The van der Waals surface area contributed by atoms with E-state index in [1.165, 1.54) is 17.7 Å². The number of aryl methyl sites for hydroxylation is 1. The lowest BCUT2D eigenvalue weighted by Gasteiger charge is -2.25. The minimum Gasteiger partial charge on any atom is -0.308 e. The maximum Gasteiger partial charge on any atom is 0.0605 e. The normalized spacial score (nSPS) is 21.4. The summed E-state index contributed by atoms with van der Waals surface area (Å²) in [5.41, 5.74) is 2.56. The highest BCUT2D eigenvalue weighted by atomic mass is 32.2.